The fourth-order valence-corrected chi connectivity index (χ4v) is 4.20. The maximum atomic E-state index is 12.8. The van der Waals surface area contributed by atoms with Gasteiger partial charge in [-0.05, 0) is 45.1 Å². The van der Waals surface area contributed by atoms with Crippen molar-refractivity contribution in [2.24, 2.45) is 5.92 Å². The molecule has 148 valence electrons. The van der Waals surface area contributed by atoms with Gasteiger partial charge in [0.1, 0.15) is 12.1 Å². The van der Waals surface area contributed by atoms with Crippen molar-refractivity contribution in [2.45, 2.75) is 65.0 Å². The molecule has 1 saturated carbocycles. The summed E-state index contributed by atoms with van der Waals surface area (Å²) in [5.74, 6) is -0.471. The summed E-state index contributed by atoms with van der Waals surface area (Å²) in [5, 5.41) is 10.0. The topological polar surface area (TPSA) is 96.3 Å². The number of amides is 4. The van der Waals surface area contributed by atoms with Gasteiger partial charge in [-0.1, -0.05) is 19.8 Å². The van der Waals surface area contributed by atoms with Gasteiger partial charge in [-0.25, -0.2) is 4.79 Å². The Kier molecular flexibility index (Phi) is 5.53. The molecule has 1 aliphatic carbocycles. The minimum absolute atomic E-state index is 0.0940. The highest BCUT2D eigenvalue weighted by Crippen LogP contribution is 2.38. The standard InChI is InChI=1S/C19H29N5O3/c1-13-7-4-5-8-19(13)17(26)23(18(27)21-19)12-16(25)20-9-6-10-24-15(3)11-14(2)22-24/h11,13H,4-10,12H2,1-3H3,(H,20,25)(H,21,27)/t13-,19-/m1/s1. The molecule has 1 aromatic heterocycles. The van der Waals surface area contributed by atoms with Crippen LogP contribution in [0.1, 0.15) is 50.4 Å². The van der Waals surface area contributed by atoms with Crippen LogP contribution in [0.5, 0.6) is 0 Å². The Labute approximate surface area is 159 Å². The molecule has 0 unspecified atom stereocenters. The molecular weight excluding hydrogens is 346 g/mol. The highest BCUT2D eigenvalue weighted by molar-refractivity contribution is 6.09. The average molecular weight is 375 g/mol. The van der Waals surface area contributed by atoms with Gasteiger partial charge < -0.3 is 10.6 Å². The molecule has 2 N–H and O–H groups in total. The Morgan fingerprint density at radius 2 is 2.15 bits per heavy atom. The van der Waals surface area contributed by atoms with Crippen LogP contribution in [-0.2, 0) is 16.1 Å². The first-order valence-electron chi connectivity index (χ1n) is 9.75. The Morgan fingerprint density at radius 3 is 2.81 bits per heavy atom. The molecule has 27 heavy (non-hydrogen) atoms. The number of aromatic nitrogens is 2. The quantitative estimate of drug-likeness (QED) is 0.582. The van der Waals surface area contributed by atoms with Gasteiger partial charge in [-0.15, -0.1) is 0 Å². The molecular formula is C19H29N5O3. The summed E-state index contributed by atoms with van der Waals surface area (Å²) in [6.45, 7) is 6.91. The molecule has 3 rings (SSSR count). The molecule has 8 heteroatoms. The van der Waals surface area contributed by atoms with Crippen LogP contribution in [0.3, 0.4) is 0 Å². The highest BCUT2D eigenvalue weighted by Gasteiger charge is 2.55. The van der Waals surface area contributed by atoms with E-state index in [0.29, 0.717) is 19.5 Å². The van der Waals surface area contributed by atoms with Crippen LogP contribution in [0.25, 0.3) is 0 Å². The molecule has 0 bridgehead atoms. The van der Waals surface area contributed by atoms with E-state index in [9.17, 15) is 14.4 Å². The van der Waals surface area contributed by atoms with E-state index in [2.05, 4.69) is 15.7 Å². The van der Waals surface area contributed by atoms with Gasteiger partial charge in [0, 0.05) is 18.8 Å². The third-order valence-electron chi connectivity index (χ3n) is 5.78. The van der Waals surface area contributed by atoms with Crippen LogP contribution in [0, 0.1) is 19.8 Å². The number of urea groups is 1. The highest BCUT2D eigenvalue weighted by atomic mass is 16.2. The zero-order valence-corrected chi connectivity index (χ0v) is 16.4. The Bertz CT molecular complexity index is 744. The van der Waals surface area contributed by atoms with Crippen LogP contribution < -0.4 is 10.6 Å². The first kappa shape index (κ1) is 19.4. The second kappa shape index (κ2) is 7.70. The maximum Gasteiger partial charge on any atom is 0.325 e. The van der Waals surface area contributed by atoms with Crippen molar-refractivity contribution in [3.8, 4) is 0 Å². The maximum absolute atomic E-state index is 12.8. The van der Waals surface area contributed by atoms with Gasteiger partial charge in [0.15, 0.2) is 0 Å². The van der Waals surface area contributed by atoms with Crippen LogP contribution in [0.2, 0.25) is 0 Å². The Morgan fingerprint density at radius 1 is 1.37 bits per heavy atom. The number of aryl methyl sites for hydroxylation is 3. The van der Waals surface area contributed by atoms with E-state index in [1.54, 1.807) is 0 Å². The van der Waals surface area contributed by atoms with Crippen molar-refractivity contribution in [1.82, 2.24) is 25.3 Å². The molecule has 0 radical (unpaired) electrons. The smallest absolute Gasteiger partial charge is 0.325 e. The molecule has 2 atom stereocenters. The van der Waals surface area contributed by atoms with E-state index in [1.165, 1.54) is 0 Å². The van der Waals surface area contributed by atoms with Crippen molar-refractivity contribution in [3.63, 3.8) is 0 Å². The lowest BCUT2D eigenvalue weighted by atomic mass is 9.73. The average Bonchev–Trinajstić information content (AvgIpc) is 3.06. The van der Waals surface area contributed by atoms with Gasteiger partial charge in [0.05, 0.1) is 5.69 Å². The molecule has 0 aromatic carbocycles. The molecule has 1 aromatic rings. The normalized spacial score (nSPS) is 25.1. The minimum Gasteiger partial charge on any atom is -0.354 e. The van der Waals surface area contributed by atoms with Gasteiger partial charge in [-0.2, -0.15) is 5.10 Å². The second-order valence-electron chi connectivity index (χ2n) is 7.79. The van der Waals surface area contributed by atoms with E-state index in [-0.39, 0.29) is 24.3 Å². The van der Waals surface area contributed by atoms with Gasteiger partial charge in [-0.3, -0.25) is 19.2 Å². The molecule has 1 spiro atoms. The van der Waals surface area contributed by atoms with Crippen LogP contribution in [0.4, 0.5) is 4.79 Å². The van der Waals surface area contributed by atoms with Crippen molar-refractivity contribution in [2.75, 3.05) is 13.1 Å². The van der Waals surface area contributed by atoms with Crippen LogP contribution >= 0.6 is 0 Å². The lowest BCUT2D eigenvalue weighted by Crippen LogP contribution is -2.54. The molecule has 1 saturated heterocycles. The molecule has 1 aliphatic heterocycles. The number of imide groups is 1. The van der Waals surface area contributed by atoms with E-state index in [4.69, 9.17) is 0 Å². The monoisotopic (exact) mass is 375 g/mol. The molecule has 8 nitrogen and oxygen atoms in total. The van der Waals surface area contributed by atoms with Crippen molar-refractivity contribution in [1.29, 1.82) is 0 Å². The molecule has 4 amide bonds. The lowest BCUT2D eigenvalue weighted by molar-refractivity contribution is -0.137. The summed E-state index contributed by atoms with van der Waals surface area (Å²) in [4.78, 5) is 38.4. The van der Waals surface area contributed by atoms with Gasteiger partial charge >= 0.3 is 6.03 Å². The van der Waals surface area contributed by atoms with E-state index >= 15 is 0 Å². The molecule has 2 heterocycles. The first-order chi connectivity index (χ1) is 12.8. The predicted octanol–water partition coefficient (Wildman–Crippen LogP) is 1.51. The zero-order chi connectivity index (χ0) is 19.6. The molecule has 2 fully saturated rings. The summed E-state index contributed by atoms with van der Waals surface area (Å²) in [6.07, 6.45) is 4.29. The third-order valence-corrected chi connectivity index (χ3v) is 5.78. The van der Waals surface area contributed by atoms with Crippen LogP contribution in [0.15, 0.2) is 6.07 Å². The summed E-state index contributed by atoms with van der Waals surface area (Å²) >= 11 is 0. The van der Waals surface area contributed by atoms with E-state index in [1.807, 2.05) is 31.5 Å². The molecule has 2 aliphatic rings. The summed E-state index contributed by atoms with van der Waals surface area (Å²) in [7, 11) is 0. The number of nitrogens with one attached hydrogen (secondary N) is 2. The fourth-order valence-electron chi connectivity index (χ4n) is 4.20. The van der Waals surface area contributed by atoms with Crippen LogP contribution in [-0.4, -0.2) is 51.2 Å². The number of nitrogens with zero attached hydrogens (tertiary/aromatic N) is 3. The Hall–Kier alpha value is -2.38. The summed E-state index contributed by atoms with van der Waals surface area (Å²) < 4.78 is 1.91. The van der Waals surface area contributed by atoms with E-state index in [0.717, 1.165) is 42.0 Å². The summed E-state index contributed by atoms with van der Waals surface area (Å²) in [6, 6.07) is 1.56. The number of rotatable bonds is 6. The SMILES string of the molecule is Cc1cc(C)n(CCCNC(=O)CN2C(=O)N[C@@]3(CCCC[C@H]3C)C2=O)n1. The van der Waals surface area contributed by atoms with Crippen molar-refractivity contribution >= 4 is 17.8 Å². The first-order valence-corrected chi connectivity index (χ1v) is 9.75. The second-order valence-corrected chi connectivity index (χ2v) is 7.79. The number of hydrogen-bond acceptors (Lipinski definition) is 4. The third kappa shape index (κ3) is 3.84. The summed E-state index contributed by atoms with van der Waals surface area (Å²) in [5.41, 5.74) is 1.25. The van der Waals surface area contributed by atoms with Gasteiger partial charge in [0.25, 0.3) is 5.91 Å². The lowest BCUT2D eigenvalue weighted by Gasteiger charge is -2.36. The Balaban J connectivity index is 1.48. The number of carbonyl (C=O) groups is 3. The van der Waals surface area contributed by atoms with Crippen molar-refractivity contribution < 1.29 is 14.4 Å². The number of hydrogen-bond donors (Lipinski definition) is 2. The number of carbonyl (C=O) groups excluding carboxylic acids is 3. The predicted molar refractivity (Wildman–Crippen MR) is 99.9 cm³/mol. The largest absolute Gasteiger partial charge is 0.354 e. The minimum atomic E-state index is -0.814. The fraction of sp³-hybridized carbons (Fsp3) is 0.684. The van der Waals surface area contributed by atoms with Crippen molar-refractivity contribution in [3.05, 3.63) is 17.5 Å². The zero-order valence-electron chi connectivity index (χ0n) is 16.4. The van der Waals surface area contributed by atoms with E-state index < -0.39 is 11.6 Å². The van der Waals surface area contributed by atoms with Gasteiger partial charge in [0.2, 0.25) is 5.91 Å².